The SMILES string of the molecule is CCCNC(=O)C(C)NC(=O)c1cc(N)c(C)s1. The summed E-state index contributed by atoms with van der Waals surface area (Å²) in [5, 5.41) is 5.38. The van der Waals surface area contributed by atoms with Crippen LogP contribution in [-0.4, -0.2) is 24.4 Å². The Morgan fingerprint density at radius 1 is 1.50 bits per heavy atom. The van der Waals surface area contributed by atoms with Gasteiger partial charge in [-0.25, -0.2) is 0 Å². The van der Waals surface area contributed by atoms with Crippen LogP contribution in [0.25, 0.3) is 0 Å². The van der Waals surface area contributed by atoms with E-state index in [0.717, 1.165) is 11.3 Å². The van der Waals surface area contributed by atoms with Gasteiger partial charge in [0.2, 0.25) is 5.91 Å². The number of thiophene rings is 1. The molecule has 18 heavy (non-hydrogen) atoms. The fourth-order valence-electron chi connectivity index (χ4n) is 1.34. The van der Waals surface area contributed by atoms with Crippen molar-refractivity contribution in [2.24, 2.45) is 0 Å². The summed E-state index contributed by atoms with van der Waals surface area (Å²) in [4.78, 5) is 24.9. The van der Waals surface area contributed by atoms with Crippen LogP contribution in [0, 0.1) is 6.92 Å². The maximum Gasteiger partial charge on any atom is 0.262 e. The molecule has 0 radical (unpaired) electrons. The van der Waals surface area contributed by atoms with E-state index in [1.807, 2.05) is 13.8 Å². The fraction of sp³-hybridized carbons (Fsp3) is 0.500. The molecule has 0 saturated heterocycles. The number of hydrogen-bond acceptors (Lipinski definition) is 4. The van der Waals surface area contributed by atoms with Gasteiger partial charge in [0.15, 0.2) is 0 Å². The predicted molar refractivity (Wildman–Crippen MR) is 73.7 cm³/mol. The van der Waals surface area contributed by atoms with Crippen LogP contribution in [0.4, 0.5) is 5.69 Å². The molecule has 100 valence electrons. The van der Waals surface area contributed by atoms with E-state index in [-0.39, 0.29) is 11.8 Å². The Hall–Kier alpha value is -1.56. The Morgan fingerprint density at radius 2 is 2.17 bits per heavy atom. The monoisotopic (exact) mass is 269 g/mol. The highest BCUT2D eigenvalue weighted by Crippen LogP contribution is 2.23. The first-order valence-electron chi connectivity index (χ1n) is 5.90. The first-order chi connectivity index (χ1) is 8.45. The highest BCUT2D eigenvalue weighted by Gasteiger charge is 2.17. The zero-order valence-corrected chi connectivity index (χ0v) is 11.7. The van der Waals surface area contributed by atoms with Crippen molar-refractivity contribution in [3.63, 3.8) is 0 Å². The molecule has 1 rings (SSSR count). The van der Waals surface area contributed by atoms with E-state index in [0.29, 0.717) is 17.1 Å². The molecule has 0 aliphatic carbocycles. The summed E-state index contributed by atoms with van der Waals surface area (Å²) in [6.45, 7) is 6.10. The Kier molecular flexibility index (Phi) is 5.15. The minimum Gasteiger partial charge on any atom is -0.398 e. The molecule has 1 unspecified atom stereocenters. The maximum atomic E-state index is 11.9. The molecule has 4 N–H and O–H groups in total. The van der Waals surface area contributed by atoms with Crippen LogP contribution >= 0.6 is 11.3 Å². The molecule has 5 nitrogen and oxygen atoms in total. The van der Waals surface area contributed by atoms with Gasteiger partial charge in [0.25, 0.3) is 5.91 Å². The van der Waals surface area contributed by atoms with Crippen LogP contribution in [-0.2, 0) is 4.79 Å². The molecule has 0 saturated carbocycles. The van der Waals surface area contributed by atoms with Crippen molar-refractivity contribution < 1.29 is 9.59 Å². The first kappa shape index (κ1) is 14.5. The highest BCUT2D eigenvalue weighted by atomic mass is 32.1. The number of nitrogen functional groups attached to an aromatic ring is 1. The average Bonchev–Trinajstić information content (AvgIpc) is 2.66. The highest BCUT2D eigenvalue weighted by molar-refractivity contribution is 7.14. The number of carbonyl (C=O) groups excluding carboxylic acids is 2. The van der Waals surface area contributed by atoms with Crippen molar-refractivity contribution in [3.05, 3.63) is 15.8 Å². The lowest BCUT2D eigenvalue weighted by Crippen LogP contribution is -2.44. The number of nitrogens with one attached hydrogen (secondary N) is 2. The van der Waals surface area contributed by atoms with Gasteiger partial charge in [0, 0.05) is 17.1 Å². The molecule has 0 fully saturated rings. The smallest absolute Gasteiger partial charge is 0.262 e. The van der Waals surface area contributed by atoms with Gasteiger partial charge in [-0.05, 0) is 26.3 Å². The largest absolute Gasteiger partial charge is 0.398 e. The predicted octanol–water partition coefficient (Wildman–Crippen LogP) is 1.28. The van der Waals surface area contributed by atoms with Crippen molar-refractivity contribution in [1.29, 1.82) is 0 Å². The number of hydrogen-bond donors (Lipinski definition) is 3. The summed E-state index contributed by atoms with van der Waals surface area (Å²) < 4.78 is 0. The molecule has 0 aromatic carbocycles. The van der Waals surface area contributed by atoms with Crippen molar-refractivity contribution in [2.75, 3.05) is 12.3 Å². The molecule has 1 aromatic heterocycles. The standard InChI is InChI=1S/C12H19N3O2S/c1-4-5-14-11(16)7(2)15-12(17)10-6-9(13)8(3)18-10/h6-7H,4-5,13H2,1-3H3,(H,14,16)(H,15,17). The Bertz CT molecular complexity index is 423. The molecule has 0 bridgehead atoms. The summed E-state index contributed by atoms with van der Waals surface area (Å²) in [6, 6.07) is 1.08. The summed E-state index contributed by atoms with van der Waals surface area (Å²) >= 11 is 1.33. The summed E-state index contributed by atoms with van der Waals surface area (Å²) in [6.07, 6.45) is 0.868. The number of anilines is 1. The third-order valence-corrected chi connectivity index (χ3v) is 3.54. The third-order valence-electron chi connectivity index (χ3n) is 2.47. The van der Waals surface area contributed by atoms with E-state index in [2.05, 4.69) is 10.6 Å². The van der Waals surface area contributed by atoms with E-state index < -0.39 is 6.04 Å². The van der Waals surface area contributed by atoms with E-state index in [1.54, 1.807) is 13.0 Å². The lowest BCUT2D eigenvalue weighted by Gasteiger charge is -2.12. The molecule has 1 atom stereocenters. The lowest BCUT2D eigenvalue weighted by atomic mass is 10.3. The summed E-state index contributed by atoms with van der Waals surface area (Å²) in [5.41, 5.74) is 6.29. The molecule has 1 aromatic rings. The molecule has 2 amide bonds. The van der Waals surface area contributed by atoms with Crippen LogP contribution in [0.1, 0.15) is 34.8 Å². The van der Waals surface area contributed by atoms with Gasteiger partial charge in [-0.1, -0.05) is 6.92 Å². The number of carbonyl (C=O) groups is 2. The minimum atomic E-state index is -0.548. The second-order valence-corrected chi connectivity index (χ2v) is 5.36. The van der Waals surface area contributed by atoms with E-state index in [4.69, 9.17) is 5.73 Å². The van der Waals surface area contributed by atoms with Crippen molar-refractivity contribution >= 4 is 28.8 Å². The van der Waals surface area contributed by atoms with Gasteiger partial charge in [-0.15, -0.1) is 11.3 Å². The normalized spacial score (nSPS) is 11.9. The van der Waals surface area contributed by atoms with Crippen LogP contribution < -0.4 is 16.4 Å². The second-order valence-electron chi connectivity index (χ2n) is 4.11. The molecule has 0 aliphatic rings. The topological polar surface area (TPSA) is 84.2 Å². The molecule has 6 heteroatoms. The van der Waals surface area contributed by atoms with Crippen LogP contribution in [0.5, 0.6) is 0 Å². The first-order valence-corrected chi connectivity index (χ1v) is 6.71. The zero-order chi connectivity index (χ0) is 13.7. The minimum absolute atomic E-state index is 0.175. The Balaban J connectivity index is 2.56. The van der Waals surface area contributed by atoms with Crippen LogP contribution in [0.2, 0.25) is 0 Å². The molecular formula is C12H19N3O2S. The molecule has 1 heterocycles. The third kappa shape index (κ3) is 3.73. The Morgan fingerprint density at radius 3 is 2.67 bits per heavy atom. The molecular weight excluding hydrogens is 250 g/mol. The number of nitrogens with two attached hydrogens (primary N) is 1. The van der Waals surface area contributed by atoms with E-state index >= 15 is 0 Å². The fourth-order valence-corrected chi connectivity index (χ4v) is 2.19. The summed E-state index contributed by atoms with van der Waals surface area (Å²) in [5.74, 6) is -0.439. The second kappa shape index (κ2) is 6.39. The van der Waals surface area contributed by atoms with Crippen molar-refractivity contribution in [1.82, 2.24) is 10.6 Å². The van der Waals surface area contributed by atoms with Gasteiger partial charge in [0.1, 0.15) is 6.04 Å². The van der Waals surface area contributed by atoms with Gasteiger partial charge in [0.05, 0.1) is 4.88 Å². The van der Waals surface area contributed by atoms with Gasteiger partial charge < -0.3 is 16.4 Å². The van der Waals surface area contributed by atoms with Crippen molar-refractivity contribution in [2.45, 2.75) is 33.2 Å². The van der Waals surface area contributed by atoms with Gasteiger partial charge in [-0.3, -0.25) is 9.59 Å². The lowest BCUT2D eigenvalue weighted by molar-refractivity contribution is -0.122. The van der Waals surface area contributed by atoms with Crippen molar-refractivity contribution in [3.8, 4) is 0 Å². The maximum absolute atomic E-state index is 11.9. The van der Waals surface area contributed by atoms with E-state index in [1.165, 1.54) is 11.3 Å². The number of aryl methyl sites for hydroxylation is 1. The van der Waals surface area contributed by atoms with E-state index in [9.17, 15) is 9.59 Å². The van der Waals surface area contributed by atoms with Crippen LogP contribution in [0.3, 0.4) is 0 Å². The Labute approximate surface area is 111 Å². The van der Waals surface area contributed by atoms with Crippen LogP contribution in [0.15, 0.2) is 6.07 Å². The zero-order valence-electron chi connectivity index (χ0n) is 10.9. The molecule has 0 spiro atoms. The van der Waals surface area contributed by atoms with Gasteiger partial charge in [-0.2, -0.15) is 0 Å². The number of amides is 2. The number of rotatable bonds is 5. The van der Waals surface area contributed by atoms with Gasteiger partial charge >= 0.3 is 0 Å². The molecule has 0 aliphatic heterocycles. The quantitative estimate of drug-likeness (QED) is 0.753. The average molecular weight is 269 g/mol. The summed E-state index contributed by atoms with van der Waals surface area (Å²) in [7, 11) is 0.